The number of esters is 1. The average Bonchev–Trinajstić information content (AvgIpc) is 3.17. The number of benzene rings is 1. The van der Waals surface area contributed by atoms with E-state index < -0.39 is 21.8 Å². The number of hydrogen-bond acceptors (Lipinski definition) is 7. The van der Waals surface area contributed by atoms with Gasteiger partial charge in [-0.1, -0.05) is 0 Å². The van der Waals surface area contributed by atoms with Crippen molar-refractivity contribution in [2.45, 2.75) is 24.7 Å². The molecule has 0 spiro atoms. The average molecular weight is 442 g/mol. The van der Waals surface area contributed by atoms with Gasteiger partial charge >= 0.3 is 5.97 Å². The second-order valence-electron chi connectivity index (χ2n) is 6.38. The van der Waals surface area contributed by atoms with Gasteiger partial charge in [0.25, 0.3) is 0 Å². The monoisotopic (exact) mass is 441 g/mol. The molecular formula is C18H20FN3O5S2. The summed E-state index contributed by atoms with van der Waals surface area (Å²) in [6.07, 6.45) is 0.699. The molecule has 8 nitrogen and oxygen atoms in total. The lowest BCUT2D eigenvalue weighted by Crippen LogP contribution is -2.41. The highest BCUT2D eigenvalue weighted by atomic mass is 32.2. The van der Waals surface area contributed by atoms with Crippen molar-refractivity contribution in [2.75, 3.05) is 25.0 Å². The number of rotatable bonds is 6. The Morgan fingerprint density at radius 1 is 1.28 bits per heavy atom. The normalized spacial score (nSPS) is 15.8. The van der Waals surface area contributed by atoms with Crippen LogP contribution in [0, 0.1) is 11.7 Å². The summed E-state index contributed by atoms with van der Waals surface area (Å²) in [6.45, 7) is 2.29. The van der Waals surface area contributed by atoms with Crippen molar-refractivity contribution in [3.8, 4) is 0 Å². The van der Waals surface area contributed by atoms with Crippen LogP contribution < -0.4 is 5.32 Å². The van der Waals surface area contributed by atoms with E-state index in [0.717, 1.165) is 23.5 Å². The number of sulfonamides is 1. The molecule has 2 aromatic rings. The van der Waals surface area contributed by atoms with E-state index in [2.05, 4.69) is 10.3 Å². The molecule has 0 radical (unpaired) electrons. The molecule has 0 atom stereocenters. The topological polar surface area (TPSA) is 106 Å². The summed E-state index contributed by atoms with van der Waals surface area (Å²) in [6, 6.07) is 4.66. The molecule has 1 fully saturated rings. The first-order valence-electron chi connectivity index (χ1n) is 9.00. The summed E-state index contributed by atoms with van der Waals surface area (Å²) in [5.41, 5.74) is 0.132. The van der Waals surface area contributed by atoms with Crippen LogP contribution in [0.15, 0.2) is 34.5 Å². The summed E-state index contributed by atoms with van der Waals surface area (Å²) in [5, 5.41) is 4.47. The lowest BCUT2D eigenvalue weighted by Gasteiger charge is -2.30. The lowest BCUT2D eigenvalue weighted by molar-refractivity contribution is -0.120. The van der Waals surface area contributed by atoms with Gasteiger partial charge in [-0.2, -0.15) is 4.31 Å². The van der Waals surface area contributed by atoms with E-state index in [-0.39, 0.29) is 42.1 Å². The van der Waals surface area contributed by atoms with Crippen LogP contribution in [0.5, 0.6) is 0 Å². The van der Waals surface area contributed by atoms with Gasteiger partial charge in [-0.25, -0.2) is 22.6 Å². The molecule has 1 aliphatic rings. The van der Waals surface area contributed by atoms with Gasteiger partial charge in [0.15, 0.2) is 10.8 Å². The molecule has 0 aliphatic carbocycles. The van der Waals surface area contributed by atoms with E-state index in [1.165, 1.54) is 21.8 Å². The first kappa shape index (κ1) is 21.3. The van der Waals surface area contributed by atoms with E-state index in [1.807, 2.05) is 0 Å². The maximum Gasteiger partial charge on any atom is 0.357 e. The van der Waals surface area contributed by atoms with E-state index in [4.69, 9.17) is 4.74 Å². The molecule has 11 heteroatoms. The number of halogens is 1. The SMILES string of the molecule is CCOC(=O)c1csc(NC(=O)C2CCN(S(=O)(=O)c3ccc(F)cc3)CC2)n1. The van der Waals surface area contributed by atoms with E-state index >= 15 is 0 Å². The van der Waals surface area contributed by atoms with Crippen LogP contribution >= 0.6 is 11.3 Å². The lowest BCUT2D eigenvalue weighted by atomic mass is 9.97. The molecule has 0 unspecified atom stereocenters. The predicted molar refractivity (Wildman–Crippen MR) is 105 cm³/mol. The Balaban J connectivity index is 1.57. The molecule has 3 rings (SSSR count). The van der Waals surface area contributed by atoms with Crippen LogP contribution in [-0.4, -0.2) is 49.3 Å². The Kier molecular flexibility index (Phi) is 6.60. The van der Waals surface area contributed by atoms with E-state index in [0.29, 0.717) is 18.0 Å². The number of nitrogens with one attached hydrogen (secondary N) is 1. The third-order valence-corrected chi connectivity index (χ3v) is 7.17. The Morgan fingerprint density at radius 3 is 2.55 bits per heavy atom. The molecule has 2 heterocycles. The Morgan fingerprint density at radius 2 is 1.93 bits per heavy atom. The smallest absolute Gasteiger partial charge is 0.357 e. The highest BCUT2D eigenvalue weighted by Gasteiger charge is 2.32. The van der Waals surface area contributed by atoms with Crippen molar-refractivity contribution in [1.29, 1.82) is 0 Å². The molecule has 0 bridgehead atoms. The zero-order chi connectivity index (χ0) is 21.0. The van der Waals surface area contributed by atoms with Crippen molar-refractivity contribution < 1.29 is 27.1 Å². The molecule has 0 saturated carbocycles. The maximum absolute atomic E-state index is 13.0. The second kappa shape index (κ2) is 8.97. The van der Waals surface area contributed by atoms with Gasteiger partial charge in [-0.15, -0.1) is 11.3 Å². The second-order valence-corrected chi connectivity index (χ2v) is 9.18. The number of carbonyl (C=O) groups is 2. The van der Waals surface area contributed by atoms with Gasteiger partial charge in [0, 0.05) is 24.4 Å². The number of piperidine rings is 1. The third kappa shape index (κ3) is 4.98. The number of thiazole rings is 1. The third-order valence-electron chi connectivity index (χ3n) is 4.50. The van der Waals surface area contributed by atoms with Crippen LogP contribution in [0.1, 0.15) is 30.3 Å². The Bertz CT molecular complexity index is 983. The molecule has 1 amide bonds. The van der Waals surface area contributed by atoms with E-state index in [1.54, 1.807) is 6.92 Å². The van der Waals surface area contributed by atoms with Gasteiger partial charge in [0.1, 0.15) is 5.82 Å². The fourth-order valence-corrected chi connectivity index (χ4v) is 5.10. The molecule has 1 saturated heterocycles. The van der Waals surface area contributed by atoms with Crippen LogP contribution in [0.2, 0.25) is 0 Å². The first-order chi connectivity index (χ1) is 13.8. The van der Waals surface area contributed by atoms with Crippen molar-refractivity contribution in [1.82, 2.24) is 9.29 Å². The molecular weight excluding hydrogens is 421 g/mol. The van der Waals surface area contributed by atoms with Crippen LogP contribution in [-0.2, 0) is 19.6 Å². The van der Waals surface area contributed by atoms with Gasteiger partial charge < -0.3 is 10.1 Å². The number of carbonyl (C=O) groups excluding carboxylic acids is 2. The van der Waals surface area contributed by atoms with Gasteiger partial charge in [-0.3, -0.25) is 4.79 Å². The van der Waals surface area contributed by atoms with Crippen molar-refractivity contribution in [3.05, 3.63) is 41.2 Å². The zero-order valence-electron chi connectivity index (χ0n) is 15.6. The number of ether oxygens (including phenoxy) is 1. The first-order valence-corrected chi connectivity index (χ1v) is 11.3. The number of anilines is 1. The Hall–Kier alpha value is -2.37. The summed E-state index contributed by atoms with van der Waals surface area (Å²) < 4.78 is 44.5. The summed E-state index contributed by atoms with van der Waals surface area (Å²) >= 11 is 1.12. The van der Waals surface area contributed by atoms with Crippen molar-refractivity contribution in [3.63, 3.8) is 0 Å². The minimum atomic E-state index is -3.73. The van der Waals surface area contributed by atoms with Gasteiger partial charge in [0.2, 0.25) is 15.9 Å². The Labute approximate surface area is 171 Å². The predicted octanol–water partition coefficient (Wildman–Crippen LogP) is 2.50. The van der Waals surface area contributed by atoms with Crippen LogP contribution in [0.3, 0.4) is 0 Å². The number of aromatic nitrogens is 1. The van der Waals surface area contributed by atoms with Crippen LogP contribution in [0.25, 0.3) is 0 Å². The summed E-state index contributed by atoms with van der Waals surface area (Å²) in [5.74, 6) is -1.70. The molecule has 29 heavy (non-hydrogen) atoms. The van der Waals surface area contributed by atoms with E-state index in [9.17, 15) is 22.4 Å². The molecule has 1 aromatic carbocycles. The minimum absolute atomic E-state index is 0.0241. The number of nitrogens with zero attached hydrogens (tertiary/aromatic N) is 2. The summed E-state index contributed by atoms with van der Waals surface area (Å²) in [7, 11) is -3.73. The molecule has 1 aromatic heterocycles. The number of amides is 1. The van der Waals surface area contributed by atoms with Gasteiger partial charge in [0.05, 0.1) is 11.5 Å². The maximum atomic E-state index is 13.0. The highest BCUT2D eigenvalue weighted by Crippen LogP contribution is 2.25. The van der Waals surface area contributed by atoms with Crippen molar-refractivity contribution >= 4 is 38.4 Å². The largest absolute Gasteiger partial charge is 0.461 e. The van der Waals surface area contributed by atoms with Gasteiger partial charge in [-0.05, 0) is 44.0 Å². The fourth-order valence-electron chi connectivity index (χ4n) is 2.95. The fraction of sp³-hybridized carbons (Fsp3) is 0.389. The standard InChI is InChI=1S/C18H20FN3O5S2/c1-2-27-17(24)15-11-28-18(20-15)21-16(23)12-7-9-22(10-8-12)29(25,26)14-5-3-13(19)4-6-14/h3-6,11-12H,2,7-10H2,1H3,(H,20,21,23). The quantitative estimate of drug-likeness (QED) is 0.691. The molecule has 1 aliphatic heterocycles. The zero-order valence-corrected chi connectivity index (χ0v) is 17.3. The van der Waals surface area contributed by atoms with Crippen molar-refractivity contribution in [2.24, 2.45) is 5.92 Å². The minimum Gasteiger partial charge on any atom is -0.461 e. The summed E-state index contributed by atoms with van der Waals surface area (Å²) in [4.78, 5) is 28.2. The molecule has 1 N–H and O–H groups in total. The van der Waals surface area contributed by atoms with Crippen LogP contribution in [0.4, 0.5) is 9.52 Å². The highest BCUT2D eigenvalue weighted by molar-refractivity contribution is 7.89. The number of hydrogen-bond donors (Lipinski definition) is 1. The molecule has 156 valence electrons.